The summed E-state index contributed by atoms with van der Waals surface area (Å²) in [6.45, 7) is 0.762. The van der Waals surface area contributed by atoms with Crippen molar-refractivity contribution in [1.82, 2.24) is 19.2 Å². The van der Waals surface area contributed by atoms with Crippen molar-refractivity contribution in [3.63, 3.8) is 0 Å². The number of pyridine rings is 1. The molecule has 1 amide bonds. The van der Waals surface area contributed by atoms with Crippen molar-refractivity contribution < 1.29 is 14.3 Å². The van der Waals surface area contributed by atoms with Crippen LogP contribution in [0.1, 0.15) is 27.1 Å². The fraction of sp³-hybridized carbons (Fsp3) is 0.273. The highest BCUT2D eigenvalue weighted by Crippen LogP contribution is 2.26. The predicted molar refractivity (Wildman–Crippen MR) is 115 cm³/mol. The number of nitrogens with two attached hydrogens (primary N) is 1. The van der Waals surface area contributed by atoms with Gasteiger partial charge in [0.25, 0.3) is 5.91 Å². The number of hydrogen-bond acceptors (Lipinski definition) is 6. The number of carbonyl (C=O) groups excluding carboxylic acids is 2. The summed E-state index contributed by atoms with van der Waals surface area (Å²) in [5.74, 6) is 0.283. The lowest BCUT2D eigenvalue weighted by Crippen LogP contribution is -2.31. The number of methoxy groups -OCH3 is 1. The van der Waals surface area contributed by atoms with E-state index in [2.05, 4.69) is 5.10 Å². The van der Waals surface area contributed by atoms with Gasteiger partial charge in [0.1, 0.15) is 11.6 Å². The smallest absolute Gasteiger partial charge is 0.255 e. The lowest BCUT2D eigenvalue weighted by Gasteiger charge is -2.16. The second-order valence-corrected chi connectivity index (χ2v) is 7.52. The van der Waals surface area contributed by atoms with Gasteiger partial charge in [-0.25, -0.2) is 4.68 Å². The van der Waals surface area contributed by atoms with Gasteiger partial charge in [-0.3, -0.25) is 14.4 Å². The predicted octanol–water partition coefficient (Wildman–Crippen LogP) is 1.51. The van der Waals surface area contributed by atoms with Gasteiger partial charge in [-0.15, -0.1) is 0 Å². The van der Waals surface area contributed by atoms with Crippen molar-refractivity contribution in [1.29, 1.82) is 0 Å². The first kappa shape index (κ1) is 20.4. The van der Waals surface area contributed by atoms with Gasteiger partial charge in [0.2, 0.25) is 5.56 Å². The molecule has 1 aromatic carbocycles. The largest absolute Gasteiger partial charge is 0.497 e. The number of anilines is 1. The molecule has 0 spiro atoms. The van der Waals surface area contributed by atoms with Crippen molar-refractivity contribution in [2.45, 2.75) is 6.42 Å². The van der Waals surface area contributed by atoms with Crippen molar-refractivity contribution in [3.8, 4) is 11.4 Å². The second kappa shape index (κ2) is 8.10. The molecule has 2 aromatic heterocycles. The van der Waals surface area contributed by atoms with Crippen molar-refractivity contribution in [3.05, 3.63) is 70.3 Å². The van der Waals surface area contributed by atoms with Crippen LogP contribution in [0, 0.1) is 5.92 Å². The molecule has 3 aromatic rings. The van der Waals surface area contributed by atoms with E-state index in [1.165, 1.54) is 33.8 Å². The Morgan fingerprint density at radius 1 is 1.16 bits per heavy atom. The van der Waals surface area contributed by atoms with Crippen LogP contribution in [-0.4, -0.2) is 51.1 Å². The number of Topliss-reactive ketones (excluding diaryl/α,β-unsaturated/α-hetero) is 1. The first-order valence-electron chi connectivity index (χ1n) is 9.87. The van der Waals surface area contributed by atoms with Crippen LogP contribution in [-0.2, 0) is 7.05 Å². The lowest BCUT2D eigenvalue weighted by molar-refractivity contribution is 0.0779. The zero-order valence-electron chi connectivity index (χ0n) is 17.3. The highest BCUT2D eigenvalue weighted by atomic mass is 16.5. The minimum Gasteiger partial charge on any atom is -0.497 e. The van der Waals surface area contributed by atoms with Gasteiger partial charge in [0, 0.05) is 38.3 Å². The average molecular weight is 421 g/mol. The van der Waals surface area contributed by atoms with Crippen LogP contribution in [0.25, 0.3) is 5.69 Å². The summed E-state index contributed by atoms with van der Waals surface area (Å²) in [6, 6.07) is 10.1. The van der Waals surface area contributed by atoms with E-state index < -0.39 is 0 Å². The van der Waals surface area contributed by atoms with Crippen LogP contribution in [0.5, 0.6) is 5.75 Å². The SMILES string of the molecule is COc1ccc(-n2ncc(C(=O)[C@@H]3CCN(C(=O)c4ccc(=O)n(C)c4)C3)c2N)cc1. The minimum atomic E-state index is -0.354. The molecule has 1 aliphatic rings. The van der Waals surface area contributed by atoms with Gasteiger partial charge in [-0.2, -0.15) is 5.10 Å². The van der Waals surface area contributed by atoms with Gasteiger partial charge in [-0.1, -0.05) is 0 Å². The second-order valence-electron chi connectivity index (χ2n) is 7.52. The number of likely N-dealkylation sites (tertiary alicyclic amines) is 1. The minimum absolute atomic E-state index is 0.131. The first-order valence-corrected chi connectivity index (χ1v) is 9.87. The number of nitrogens with zero attached hydrogens (tertiary/aromatic N) is 4. The molecule has 0 aliphatic carbocycles. The Morgan fingerprint density at radius 2 is 1.90 bits per heavy atom. The summed E-state index contributed by atoms with van der Waals surface area (Å²) in [7, 11) is 3.18. The quantitative estimate of drug-likeness (QED) is 0.625. The van der Waals surface area contributed by atoms with E-state index in [1.807, 2.05) is 0 Å². The highest BCUT2D eigenvalue weighted by molar-refractivity contribution is 6.03. The summed E-state index contributed by atoms with van der Waals surface area (Å²) < 4.78 is 8.03. The molecule has 1 aliphatic heterocycles. The Bertz CT molecular complexity index is 1200. The van der Waals surface area contributed by atoms with Gasteiger partial charge in [-0.05, 0) is 36.8 Å². The molecule has 31 heavy (non-hydrogen) atoms. The van der Waals surface area contributed by atoms with E-state index in [0.717, 1.165) is 5.69 Å². The van der Waals surface area contributed by atoms with Crippen molar-refractivity contribution in [2.75, 3.05) is 25.9 Å². The number of ketones is 1. The molecule has 2 N–H and O–H groups in total. The van der Waals surface area contributed by atoms with Crippen LogP contribution < -0.4 is 16.0 Å². The number of rotatable bonds is 5. The summed E-state index contributed by atoms with van der Waals surface area (Å²) in [5, 5.41) is 4.27. The number of benzene rings is 1. The lowest BCUT2D eigenvalue weighted by atomic mass is 9.98. The van der Waals surface area contributed by atoms with E-state index in [1.54, 1.807) is 43.3 Å². The van der Waals surface area contributed by atoms with E-state index in [4.69, 9.17) is 10.5 Å². The van der Waals surface area contributed by atoms with Crippen LogP contribution in [0.4, 0.5) is 5.82 Å². The van der Waals surface area contributed by atoms with E-state index >= 15 is 0 Å². The highest BCUT2D eigenvalue weighted by Gasteiger charge is 2.33. The Kier molecular flexibility index (Phi) is 5.33. The van der Waals surface area contributed by atoms with Crippen LogP contribution in [0.2, 0.25) is 0 Å². The molecule has 0 saturated carbocycles. The Balaban J connectivity index is 1.49. The van der Waals surface area contributed by atoms with Gasteiger partial charge in [0.15, 0.2) is 5.78 Å². The maximum absolute atomic E-state index is 13.1. The summed E-state index contributed by atoms with van der Waals surface area (Å²) >= 11 is 0. The molecule has 160 valence electrons. The number of carbonyl (C=O) groups is 2. The third-order valence-electron chi connectivity index (χ3n) is 5.57. The molecule has 4 rings (SSSR count). The van der Waals surface area contributed by atoms with Gasteiger partial charge < -0.3 is 19.9 Å². The Hall–Kier alpha value is -3.88. The fourth-order valence-corrected chi connectivity index (χ4v) is 3.76. The van der Waals surface area contributed by atoms with E-state index in [9.17, 15) is 14.4 Å². The van der Waals surface area contributed by atoms with Crippen molar-refractivity contribution >= 4 is 17.5 Å². The molecular formula is C22H23N5O4. The molecule has 9 heteroatoms. The molecule has 1 fully saturated rings. The molecule has 0 radical (unpaired) electrons. The summed E-state index contributed by atoms with van der Waals surface area (Å²) in [5.41, 5.74) is 7.52. The summed E-state index contributed by atoms with van der Waals surface area (Å²) in [4.78, 5) is 39.0. The van der Waals surface area contributed by atoms with Gasteiger partial charge in [0.05, 0.1) is 30.1 Å². The van der Waals surface area contributed by atoms with Crippen LogP contribution in [0.3, 0.4) is 0 Å². The number of aryl methyl sites for hydroxylation is 1. The number of hydrogen-bond donors (Lipinski definition) is 1. The normalized spacial score (nSPS) is 15.8. The van der Waals surface area contributed by atoms with Crippen LogP contribution >= 0.6 is 0 Å². The third kappa shape index (κ3) is 3.81. The molecule has 1 saturated heterocycles. The fourth-order valence-electron chi connectivity index (χ4n) is 3.76. The zero-order valence-corrected chi connectivity index (χ0v) is 17.3. The monoisotopic (exact) mass is 421 g/mol. The Morgan fingerprint density at radius 3 is 2.58 bits per heavy atom. The summed E-state index contributed by atoms with van der Waals surface area (Å²) in [6.07, 6.45) is 3.53. The maximum atomic E-state index is 13.1. The van der Waals surface area contributed by atoms with Crippen LogP contribution in [0.15, 0.2) is 53.6 Å². The van der Waals surface area contributed by atoms with E-state index in [0.29, 0.717) is 36.4 Å². The first-order chi connectivity index (χ1) is 14.9. The average Bonchev–Trinajstić information content (AvgIpc) is 3.42. The molecular weight excluding hydrogens is 398 g/mol. The standard InChI is InChI=1S/C22H23N5O4/c1-25-12-15(3-8-19(25)28)22(30)26-10-9-14(13-26)20(29)18-11-24-27(21(18)23)16-4-6-17(31-2)7-5-16/h3-8,11-12,14H,9-10,13,23H2,1-2H3/t14-/m1/s1. The zero-order chi connectivity index (χ0) is 22.1. The number of amides is 1. The molecule has 1 atom stereocenters. The third-order valence-corrected chi connectivity index (χ3v) is 5.57. The number of nitrogen functional groups attached to an aromatic ring is 1. The molecule has 0 unspecified atom stereocenters. The molecule has 0 bridgehead atoms. The number of ether oxygens (including phenoxy) is 1. The van der Waals surface area contributed by atoms with E-state index in [-0.39, 0.29) is 29.0 Å². The number of aromatic nitrogens is 3. The molecule has 9 nitrogen and oxygen atoms in total. The topological polar surface area (TPSA) is 112 Å². The molecule has 3 heterocycles. The van der Waals surface area contributed by atoms with Crippen molar-refractivity contribution in [2.24, 2.45) is 13.0 Å². The maximum Gasteiger partial charge on any atom is 0.255 e. The Labute approximate surface area is 178 Å². The van der Waals surface area contributed by atoms with Gasteiger partial charge >= 0.3 is 0 Å².